The standard InChI is InChI=1S/C75H94O5/c1-9-17-21-55(13-5)51-77-72-33-25-60(26-34-72)66-44-67(61-27-35-73(36-28-61)78-52-56(14-6)22-18-10-2)47-70(46-66)64-41-59(50-76)42-65(43-64)71-48-68(62-29-37-74(38-30-62)79-53-57(15-7)23-19-11-3)45-69(49-71)63-31-39-75(40-32-63)80-54-58(16-8)24-20-12-4/h25-50,55-58H,9-24,51-54H2,1-8H3. The fourth-order valence-corrected chi connectivity index (χ4v) is 10.7. The first kappa shape index (κ1) is 61.0. The van der Waals surface area contributed by atoms with Crippen molar-refractivity contribution in [3.63, 3.8) is 0 Å². The number of carbonyl (C=O) groups is 1. The van der Waals surface area contributed by atoms with Crippen LogP contribution >= 0.6 is 0 Å². The van der Waals surface area contributed by atoms with Gasteiger partial charge in [0.05, 0.1) is 26.4 Å². The number of benzene rings is 7. The van der Waals surface area contributed by atoms with Crippen LogP contribution in [0.1, 0.15) is 168 Å². The number of aldehydes is 1. The maximum Gasteiger partial charge on any atom is 0.150 e. The molecule has 0 heterocycles. The minimum Gasteiger partial charge on any atom is -0.493 e. The summed E-state index contributed by atoms with van der Waals surface area (Å²) in [7, 11) is 0. The van der Waals surface area contributed by atoms with Crippen LogP contribution in [0, 0.1) is 23.7 Å². The lowest BCUT2D eigenvalue weighted by atomic mass is 9.89. The summed E-state index contributed by atoms with van der Waals surface area (Å²) in [5.74, 6) is 5.76. The number of hydrogen-bond donors (Lipinski definition) is 0. The normalized spacial score (nSPS) is 12.8. The van der Waals surface area contributed by atoms with Crippen LogP contribution in [0.4, 0.5) is 0 Å². The van der Waals surface area contributed by atoms with E-state index in [1.807, 2.05) is 12.1 Å². The summed E-state index contributed by atoms with van der Waals surface area (Å²) in [6, 6.07) is 54.1. The summed E-state index contributed by atoms with van der Waals surface area (Å²) in [4.78, 5) is 13.1. The Balaban J connectivity index is 1.27. The molecule has 0 radical (unpaired) electrons. The van der Waals surface area contributed by atoms with E-state index < -0.39 is 0 Å². The van der Waals surface area contributed by atoms with E-state index in [1.165, 1.54) is 77.0 Å². The molecule has 0 N–H and O–H groups in total. The van der Waals surface area contributed by atoms with E-state index >= 15 is 0 Å². The molecule has 424 valence electrons. The summed E-state index contributed by atoms with van der Waals surface area (Å²) in [6.07, 6.45) is 19.9. The molecule has 0 aromatic heterocycles. The number of unbranched alkanes of at least 4 members (excludes halogenated alkanes) is 4. The van der Waals surface area contributed by atoms with Gasteiger partial charge in [0, 0.05) is 5.56 Å². The van der Waals surface area contributed by atoms with Crippen molar-refractivity contribution in [2.24, 2.45) is 23.7 Å². The lowest BCUT2D eigenvalue weighted by Crippen LogP contribution is -2.11. The molecule has 4 atom stereocenters. The van der Waals surface area contributed by atoms with Crippen LogP contribution in [0.3, 0.4) is 0 Å². The molecule has 0 saturated carbocycles. The molecule has 0 spiro atoms. The van der Waals surface area contributed by atoms with Gasteiger partial charge in [-0.05, 0) is 219 Å². The molecule has 80 heavy (non-hydrogen) atoms. The Morgan fingerprint density at radius 3 is 0.675 bits per heavy atom. The third-order valence-corrected chi connectivity index (χ3v) is 16.5. The van der Waals surface area contributed by atoms with Gasteiger partial charge in [0.2, 0.25) is 0 Å². The second kappa shape index (κ2) is 32.6. The quantitative estimate of drug-likeness (QED) is 0.0371. The van der Waals surface area contributed by atoms with E-state index in [0.29, 0.717) is 29.2 Å². The van der Waals surface area contributed by atoms with E-state index in [0.717, 1.165) is 148 Å². The summed E-state index contributed by atoms with van der Waals surface area (Å²) >= 11 is 0. The van der Waals surface area contributed by atoms with Crippen molar-refractivity contribution in [1.82, 2.24) is 0 Å². The Hall–Kier alpha value is -6.59. The molecule has 0 aliphatic carbocycles. The fraction of sp³-hybridized carbons (Fsp3) is 0.427. The Morgan fingerprint density at radius 2 is 0.487 bits per heavy atom. The smallest absolute Gasteiger partial charge is 0.150 e. The molecule has 0 aliphatic heterocycles. The van der Waals surface area contributed by atoms with Crippen LogP contribution in [-0.2, 0) is 0 Å². The van der Waals surface area contributed by atoms with Gasteiger partial charge in [-0.15, -0.1) is 0 Å². The van der Waals surface area contributed by atoms with E-state index in [1.54, 1.807) is 0 Å². The van der Waals surface area contributed by atoms with Crippen molar-refractivity contribution in [3.05, 3.63) is 157 Å². The topological polar surface area (TPSA) is 54.0 Å². The monoisotopic (exact) mass is 1070 g/mol. The Bertz CT molecular complexity index is 2540. The van der Waals surface area contributed by atoms with Gasteiger partial charge in [-0.2, -0.15) is 0 Å². The number of hydrogen-bond acceptors (Lipinski definition) is 5. The summed E-state index contributed by atoms with van der Waals surface area (Å²) in [5, 5.41) is 0. The van der Waals surface area contributed by atoms with Crippen molar-refractivity contribution in [1.29, 1.82) is 0 Å². The van der Waals surface area contributed by atoms with Crippen LogP contribution in [0.25, 0.3) is 66.8 Å². The zero-order valence-electron chi connectivity index (χ0n) is 50.0. The first-order valence-electron chi connectivity index (χ1n) is 31.0. The summed E-state index contributed by atoms with van der Waals surface area (Å²) < 4.78 is 25.5. The zero-order chi connectivity index (χ0) is 56.5. The van der Waals surface area contributed by atoms with Crippen molar-refractivity contribution in [3.8, 4) is 89.8 Å². The molecule has 0 aliphatic rings. The number of carbonyl (C=O) groups excluding carboxylic acids is 1. The highest BCUT2D eigenvalue weighted by Gasteiger charge is 2.16. The molecule has 5 heteroatoms. The highest BCUT2D eigenvalue weighted by molar-refractivity contribution is 5.89. The molecule has 0 fully saturated rings. The fourth-order valence-electron chi connectivity index (χ4n) is 10.7. The van der Waals surface area contributed by atoms with Gasteiger partial charge in [-0.1, -0.05) is 181 Å². The van der Waals surface area contributed by atoms with Gasteiger partial charge < -0.3 is 18.9 Å². The van der Waals surface area contributed by atoms with Gasteiger partial charge in [0.15, 0.2) is 0 Å². The summed E-state index contributed by atoms with van der Waals surface area (Å²) in [6.45, 7) is 21.0. The van der Waals surface area contributed by atoms with E-state index in [4.69, 9.17) is 18.9 Å². The predicted molar refractivity (Wildman–Crippen MR) is 340 cm³/mol. The maximum atomic E-state index is 13.1. The van der Waals surface area contributed by atoms with E-state index in [2.05, 4.69) is 195 Å². The first-order chi connectivity index (χ1) is 39.2. The van der Waals surface area contributed by atoms with Crippen LogP contribution in [0.2, 0.25) is 0 Å². The molecule has 0 bridgehead atoms. The van der Waals surface area contributed by atoms with E-state index in [9.17, 15) is 4.79 Å². The van der Waals surface area contributed by atoms with Crippen molar-refractivity contribution in [2.75, 3.05) is 26.4 Å². The van der Waals surface area contributed by atoms with Gasteiger partial charge >= 0.3 is 0 Å². The minimum atomic E-state index is 0.552. The Labute approximate surface area is 482 Å². The Morgan fingerprint density at radius 1 is 0.287 bits per heavy atom. The maximum absolute atomic E-state index is 13.1. The van der Waals surface area contributed by atoms with Crippen LogP contribution in [0.15, 0.2) is 152 Å². The van der Waals surface area contributed by atoms with Crippen LogP contribution < -0.4 is 18.9 Å². The lowest BCUT2D eigenvalue weighted by molar-refractivity contribution is 0.112. The molecule has 7 rings (SSSR count). The van der Waals surface area contributed by atoms with Gasteiger partial charge in [-0.3, -0.25) is 4.79 Å². The first-order valence-corrected chi connectivity index (χ1v) is 31.0. The third kappa shape index (κ3) is 18.2. The van der Waals surface area contributed by atoms with Crippen LogP contribution in [-0.4, -0.2) is 32.7 Å². The molecule has 5 nitrogen and oxygen atoms in total. The molecular formula is C75H94O5. The van der Waals surface area contributed by atoms with Crippen molar-refractivity contribution >= 4 is 6.29 Å². The average molecular weight is 1080 g/mol. The highest BCUT2D eigenvalue weighted by Crippen LogP contribution is 2.39. The third-order valence-electron chi connectivity index (χ3n) is 16.5. The average Bonchev–Trinajstić information content (AvgIpc) is 3.54. The number of rotatable bonds is 35. The molecule has 7 aromatic carbocycles. The van der Waals surface area contributed by atoms with Crippen molar-refractivity contribution < 1.29 is 23.7 Å². The second-order valence-corrected chi connectivity index (χ2v) is 22.6. The SMILES string of the molecule is CCCCC(CC)COc1ccc(-c2cc(-c3ccc(OCC(CC)CCCC)cc3)cc(-c3cc(C=O)cc(-c4cc(-c5ccc(OCC(CC)CCCC)cc5)cc(-c5ccc(OCC(CC)CCCC)cc5)c4)c3)c2)cc1. The zero-order valence-corrected chi connectivity index (χ0v) is 50.0. The summed E-state index contributed by atoms with van der Waals surface area (Å²) in [5.41, 5.74) is 13.3. The molecule has 0 saturated heterocycles. The van der Waals surface area contributed by atoms with Gasteiger partial charge in [0.25, 0.3) is 0 Å². The molecular weight excluding hydrogens is 981 g/mol. The van der Waals surface area contributed by atoms with Gasteiger partial charge in [-0.25, -0.2) is 0 Å². The second-order valence-electron chi connectivity index (χ2n) is 22.6. The van der Waals surface area contributed by atoms with E-state index in [-0.39, 0.29) is 0 Å². The predicted octanol–water partition coefficient (Wildman–Crippen LogP) is 21.9. The molecule has 0 amide bonds. The van der Waals surface area contributed by atoms with Gasteiger partial charge in [0.1, 0.15) is 29.3 Å². The lowest BCUT2D eigenvalue weighted by Gasteiger charge is -2.17. The highest BCUT2D eigenvalue weighted by atomic mass is 16.5. The number of ether oxygens (including phenoxy) is 4. The van der Waals surface area contributed by atoms with Crippen LogP contribution in [0.5, 0.6) is 23.0 Å². The molecule has 7 aromatic rings. The minimum absolute atomic E-state index is 0.552. The largest absolute Gasteiger partial charge is 0.493 e. The molecule has 4 unspecified atom stereocenters. The van der Waals surface area contributed by atoms with Crippen molar-refractivity contribution in [2.45, 2.75) is 158 Å². The Kier molecular flexibility index (Phi) is 24.9.